The molecule has 4 saturated carbocycles. The summed E-state index contributed by atoms with van der Waals surface area (Å²) in [4.78, 5) is 0. The van der Waals surface area contributed by atoms with Crippen LogP contribution in [0.3, 0.4) is 0 Å². The van der Waals surface area contributed by atoms with E-state index in [0.29, 0.717) is 11.8 Å². The SMILES string of the molecule is CCCCC1CCC(C2CCC(C(OC(c3ccc(C)cc3)C3CCC(C4CCC(CCCC)CC4)CC3)c3ccc(C)cc3)CC2)CC1. The molecular weight excluding hydrogens is 593 g/mol. The zero-order valence-corrected chi connectivity index (χ0v) is 32.4. The lowest BCUT2D eigenvalue weighted by molar-refractivity contribution is -0.0934. The van der Waals surface area contributed by atoms with Crippen LogP contribution in [0.4, 0.5) is 0 Å². The minimum Gasteiger partial charge on any atom is -0.365 e. The highest BCUT2D eigenvalue weighted by Gasteiger charge is 2.39. The Bertz CT molecular complexity index is 1090. The summed E-state index contributed by atoms with van der Waals surface area (Å²) in [6, 6.07) is 18.9. The van der Waals surface area contributed by atoms with Crippen molar-refractivity contribution >= 4 is 0 Å². The summed E-state index contributed by atoms with van der Waals surface area (Å²) < 4.78 is 7.65. The minimum atomic E-state index is 0.203. The highest BCUT2D eigenvalue weighted by atomic mass is 16.5. The van der Waals surface area contributed by atoms with Crippen molar-refractivity contribution in [1.29, 1.82) is 0 Å². The van der Waals surface area contributed by atoms with Gasteiger partial charge in [0.05, 0.1) is 12.2 Å². The Hall–Kier alpha value is -1.60. The third kappa shape index (κ3) is 10.3. The highest BCUT2D eigenvalue weighted by molar-refractivity contribution is 5.26. The lowest BCUT2D eigenvalue weighted by atomic mass is 9.67. The molecular formula is C48H74O. The normalized spacial score (nSPS) is 32.4. The summed E-state index contributed by atoms with van der Waals surface area (Å²) in [5.74, 6) is 7.18. The second kappa shape index (κ2) is 18.8. The van der Waals surface area contributed by atoms with Crippen molar-refractivity contribution in [3.8, 4) is 0 Å². The Morgan fingerprint density at radius 1 is 0.449 bits per heavy atom. The molecule has 0 aliphatic heterocycles. The first-order valence-corrected chi connectivity index (χ1v) is 21.8. The van der Waals surface area contributed by atoms with Crippen LogP contribution < -0.4 is 0 Å². The van der Waals surface area contributed by atoms with Crippen LogP contribution in [0.1, 0.15) is 190 Å². The van der Waals surface area contributed by atoms with Crippen LogP contribution >= 0.6 is 0 Å². The van der Waals surface area contributed by atoms with Gasteiger partial charge in [-0.1, -0.05) is 138 Å². The molecule has 4 fully saturated rings. The van der Waals surface area contributed by atoms with Crippen molar-refractivity contribution in [2.75, 3.05) is 0 Å². The molecule has 0 heterocycles. The molecule has 0 saturated heterocycles. The standard InChI is InChI=1S/C48H74O/c1-5-7-9-37-15-23-39(24-16-37)41-27-31-45(32-28-41)47(43-19-11-35(3)12-20-43)49-48(44-21-13-36(4)14-22-44)46-33-29-42(30-34-46)40-25-17-38(18-26-40)10-8-6-2/h11-14,19-22,37-42,45-48H,5-10,15-18,23-34H2,1-4H3. The van der Waals surface area contributed by atoms with Crippen LogP contribution in [0.15, 0.2) is 48.5 Å². The molecule has 0 spiro atoms. The molecule has 4 aliphatic carbocycles. The molecule has 2 unspecified atom stereocenters. The van der Waals surface area contributed by atoms with E-state index in [1.807, 2.05) is 0 Å². The molecule has 0 amide bonds. The molecule has 49 heavy (non-hydrogen) atoms. The smallest absolute Gasteiger partial charge is 0.0861 e. The van der Waals surface area contributed by atoms with Crippen molar-refractivity contribution in [2.45, 2.75) is 181 Å². The molecule has 1 nitrogen and oxygen atoms in total. The summed E-state index contributed by atoms with van der Waals surface area (Å²) in [5.41, 5.74) is 5.56. The molecule has 0 radical (unpaired) electrons. The van der Waals surface area contributed by atoms with Crippen molar-refractivity contribution in [2.24, 2.45) is 47.3 Å². The van der Waals surface area contributed by atoms with Crippen LogP contribution in [-0.4, -0.2) is 0 Å². The van der Waals surface area contributed by atoms with Crippen molar-refractivity contribution < 1.29 is 4.74 Å². The number of aryl methyl sites for hydroxylation is 2. The van der Waals surface area contributed by atoms with Gasteiger partial charge in [0.25, 0.3) is 0 Å². The largest absolute Gasteiger partial charge is 0.365 e. The Kier molecular flexibility index (Phi) is 14.2. The third-order valence-corrected chi connectivity index (χ3v) is 14.6. The Balaban J connectivity index is 1.12. The van der Waals surface area contributed by atoms with Gasteiger partial charge in [0.15, 0.2) is 0 Å². The van der Waals surface area contributed by atoms with Gasteiger partial charge in [-0.3, -0.25) is 0 Å². The summed E-state index contributed by atoms with van der Waals surface area (Å²) in [7, 11) is 0. The quantitative estimate of drug-likeness (QED) is 0.195. The molecule has 2 aromatic rings. The van der Waals surface area contributed by atoms with E-state index in [9.17, 15) is 0 Å². The van der Waals surface area contributed by atoms with E-state index in [1.165, 1.54) is 164 Å². The van der Waals surface area contributed by atoms with Crippen molar-refractivity contribution in [3.63, 3.8) is 0 Å². The highest BCUT2D eigenvalue weighted by Crippen LogP contribution is 2.50. The maximum atomic E-state index is 7.65. The van der Waals surface area contributed by atoms with E-state index in [1.54, 1.807) is 0 Å². The average molecular weight is 667 g/mol. The van der Waals surface area contributed by atoms with Gasteiger partial charge >= 0.3 is 0 Å². The van der Waals surface area contributed by atoms with E-state index < -0.39 is 0 Å². The van der Waals surface area contributed by atoms with Crippen LogP contribution in [0.5, 0.6) is 0 Å². The summed E-state index contributed by atoms with van der Waals surface area (Å²) >= 11 is 0. The van der Waals surface area contributed by atoms with Gasteiger partial charge in [0.2, 0.25) is 0 Å². The zero-order chi connectivity index (χ0) is 34.0. The van der Waals surface area contributed by atoms with Gasteiger partial charge in [0, 0.05) is 0 Å². The molecule has 2 atom stereocenters. The number of hydrogen-bond donors (Lipinski definition) is 0. The number of rotatable bonds is 14. The second-order valence-electron chi connectivity index (χ2n) is 18.0. The van der Waals surface area contributed by atoms with Gasteiger partial charge in [-0.15, -0.1) is 0 Å². The monoisotopic (exact) mass is 667 g/mol. The van der Waals surface area contributed by atoms with Crippen LogP contribution in [0.2, 0.25) is 0 Å². The fraction of sp³-hybridized carbons (Fsp3) is 0.750. The van der Waals surface area contributed by atoms with Gasteiger partial charge in [0.1, 0.15) is 0 Å². The van der Waals surface area contributed by atoms with Gasteiger partial charge < -0.3 is 4.74 Å². The lowest BCUT2D eigenvalue weighted by Gasteiger charge is -2.43. The first-order chi connectivity index (χ1) is 24.0. The van der Waals surface area contributed by atoms with Crippen LogP contribution in [0.25, 0.3) is 0 Å². The van der Waals surface area contributed by atoms with Crippen molar-refractivity contribution in [3.05, 3.63) is 70.8 Å². The molecule has 6 rings (SSSR count). The number of hydrogen-bond acceptors (Lipinski definition) is 1. The number of ether oxygens (including phenoxy) is 1. The minimum absolute atomic E-state index is 0.203. The molecule has 0 N–H and O–H groups in total. The summed E-state index contributed by atoms with van der Waals surface area (Å²) in [5, 5.41) is 0. The molecule has 272 valence electrons. The molecule has 4 aliphatic rings. The van der Waals surface area contributed by atoms with E-state index in [2.05, 4.69) is 76.2 Å². The van der Waals surface area contributed by atoms with Crippen LogP contribution in [-0.2, 0) is 4.74 Å². The van der Waals surface area contributed by atoms with Crippen molar-refractivity contribution in [1.82, 2.24) is 0 Å². The number of benzene rings is 2. The molecule has 0 bridgehead atoms. The fourth-order valence-electron chi connectivity index (χ4n) is 11.3. The van der Waals surface area contributed by atoms with E-state index in [-0.39, 0.29) is 12.2 Å². The van der Waals surface area contributed by atoms with E-state index in [0.717, 1.165) is 35.5 Å². The molecule has 2 aromatic carbocycles. The summed E-state index contributed by atoms with van der Waals surface area (Å²) in [6.07, 6.45) is 32.0. The lowest BCUT2D eigenvalue weighted by Crippen LogP contribution is -2.31. The van der Waals surface area contributed by atoms with Crippen LogP contribution in [0, 0.1) is 61.2 Å². The predicted molar refractivity (Wildman–Crippen MR) is 210 cm³/mol. The van der Waals surface area contributed by atoms with E-state index in [4.69, 9.17) is 4.74 Å². The number of unbranched alkanes of at least 4 members (excludes halogenated alkanes) is 2. The van der Waals surface area contributed by atoms with Gasteiger partial charge in [-0.25, -0.2) is 0 Å². The molecule has 1 heteroatoms. The van der Waals surface area contributed by atoms with E-state index >= 15 is 0 Å². The third-order valence-electron chi connectivity index (χ3n) is 14.6. The first-order valence-electron chi connectivity index (χ1n) is 21.8. The second-order valence-corrected chi connectivity index (χ2v) is 18.0. The predicted octanol–water partition coefficient (Wildman–Crippen LogP) is 14.7. The fourth-order valence-corrected chi connectivity index (χ4v) is 11.3. The Morgan fingerprint density at radius 2 is 0.755 bits per heavy atom. The topological polar surface area (TPSA) is 9.23 Å². The Morgan fingerprint density at radius 3 is 1.06 bits per heavy atom. The maximum Gasteiger partial charge on any atom is 0.0861 e. The maximum absolute atomic E-state index is 7.65. The Labute approximate surface area is 303 Å². The zero-order valence-electron chi connectivity index (χ0n) is 32.4. The average Bonchev–Trinajstić information content (AvgIpc) is 3.15. The molecule has 0 aromatic heterocycles. The van der Waals surface area contributed by atoms with Gasteiger partial charge in [-0.2, -0.15) is 0 Å². The first kappa shape index (κ1) is 37.2. The summed E-state index contributed by atoms with van der Waals surface area (Å²) in [6.45, 7) is 9.16. The van der Waals surface area contributed by atoms with Gasteiger partial charge in [-0.05, 0) is 149 Å².